The fourth-order valence-electron chi connectivity index (χ4n) is 2.95. The molecule has 22 heavy (non-hydrogen) atoms. The highest BCUT2D eigenvalue weighted by Gasteiger charge is 2.33. The van der Waals surface area contributed by atoms with Gasteiger partial charge in [0.05, 0.1) is 12.0 Å². The van der Waals surface area contributed by atoms with Crippen LogP contribution in [0.5, 0.6) is 5.75 Å². The lowest BCUT2D eigenvalue weighted by Crippen LogP contribution is -2.38. The number of hydrogen-bond donors (Lipinski definition) is 0. The fourth-order valence-corrected chi connectivity index (χ4v) is 4.59. The molecule has 1 unspecified atom stereocenters. The molecule has 0 N–H and O–H groups in total. The minimum atomic E-state index is -3.48. The largest absolute Gasteiger partial charge is 0.497 e. The van der Waals surface area contributed by atoms with Crippen LogP contribution >= 0.6 is 0 Å². The topological polar surface area (TPSA) is 46.6 Å². The predicted molar refractivity (Wildman–Crippen MR) is 85.4 cm³/mol. The zero-order valence-corrected chi connectivity index (χ0v) is 13.5. The van der Waals surface area contributed by atoms with Gasteiger partial charge in [-0.1, -0.05) is 24.3 Å². The summed E-state index contributed by atoms with van der Waals surface area (Å²) >= 11 is 0. The van der Waals surface area contributed by atoms with E-state index in [1.807, 2.05) is 31.2 Å². The molecule has 0 spiro atoms. The zero-order chi connectivity index (χ0) is 15.7. The fraction of sp³-hybridized carbons (Fsp3) is 0.294. The van der Waals surface area contributed by atoms with Gasteiger partial charge in [0.2, 0.25) is 10.0 Å². The van der Waals surface area contributed by atoms with E-state index in [0.717, 1.165) is 17.7 Å². The molecule has 2 aromatic rings. The summed E-state index contributed by atoms with van der Waals surface area (Å²) in [4.78, 5) is 0.341. The summed E-state index contributed by atoms with van der Waals surface area (Å²) in [6, 6.07) is 14.3. The third-order valence-electron chi connectivity index (χ3n) is 4.19. The van der Waals surface area contributed by atoms with Crippen LogP contribution in [0.15, 0.2) is 53.4 Å². The Labute approximate surface area is 131 Å². The summed E-state index contributed by atoms with van der Waals surface area (Å²) in [5.74, 6) is 0.754. The standard InChI is InChI=1S/C17H19NO3S/c1-13-17-12-15(21-2)9-8-14(17)10-11-18(13)22(19,20)16-6-4-3-5-7-16/h3-9,12-13H,10-11H2,1-2H3. The van der Waals surface area contributed by atoms with Gasteiger partial charge in [0, 0.05) is 12.6 Å². The monoisotopic (exact) mass is 317 g/mol. The van der Waals surface area contributed by atoms with Crippen molar-refractivity contribution in [1.29, 1.82) is 0 Å². The summed E-state index contributed by atoms with van der Waals surface area (Å²) in [6.07, 6.45) is 0.718. The van der Waals surface area contributed by atoms with E-state index in [2.05, 4.69) is 0 Å². The molecule has 0 aromatic heterocycles. The van der Waals surface area contributed by atoms with Crippen molar-refractivity contribution >= 4 is 10.0 Å². The van der Waals surface area contributed by atoms with E-state index in [0.29, 0.717) is 11.4 Å². The van der Waals surface area contributed by atoms with Crippen LogP contribution in [-0.4, -0.2) is 26.4 Å². The summed E-state index contributed by atoms with van der Waals surface area (Å²) in [6.45, 7) is 2.43. The first kappa shape index (κ1) is 15.1. The molecule has 1 aliphatic heterocycles. The van der Waals surface area contributed by atoms with Gasteiger partial charge in [-0.2, -0.15) is 4.31 Å². The summed E-state index contributed by atoms with van der Waals surface area (Å²) in [5.41, 5.74) is 2.21. The average Bonchev–Trinajstić information content (AvgIpc) is 2.55. The molecule has 3 rings (SSSR count). The van der Waals surface area contributed by atoms with Crippen LogP contribution in [0.2, 0.25) is 0 Å². The minimum absolute atomic E-state index is 0.205. The van der Waals surface area contributed by atoms with E-state index in [4.69, 9.17) is 4.74 Å². The maximum absolute atomic E-state index is 12.9. The zero-order valence-electron chi connectivity index (χ0n) is 12.7. The van der Waals surface area contributed by atoms with Gasteiger partial charge in [-0.15, -0.1) is 0 Å². The smallest absolute Gasteiger partial charge is 0.243 e. The molecular formula is C17H19NO3S. The third kappa shape index (κ3) is 2.51. The van der Waals surface area contributed by atoms with E-state index < -0.39 is 10.0 Å². The van der Waals surface area contributed by atoms with Gasteiger partial charge >= 0.3 is 0 Å². The quantitative estimate of drug-likeness (QED) is 0.874. The number of sulfonamides is 1. The lowest BCUT2D eigenvalue weighted by Gasteiger charge is -2.34. The molecule has 0 saturated carbocycles. The highest BCUT2D eigenvalue weighted by molar-refractivity contribution is 7.89. The molecule has 0 radical (unpaired) electrons. The normalized spacial score (nSPS) is 18.7. The van der Waals surface area contributed by atoms with Crippen molar-refractivity contribution in [2.45, 2.75) is 24.3 Å². The number of hydrogen-bond acceptors (Lipinski definition) is 3. The van der Waals surface area contributed by atoms with Crippen LogP contribution < -0.4 is 4.74 Å². The Morgan fingerprint density at radius 1 is 1.14 bits per heavy atom. The number of benzene rings is 2. The molecule has 1 aliphatic rings. The summed E-state index contributed by atoms with van der Waals surface area (Å²) < 4.78 is 32.6. The SMILES string of the molecule is COc1ccc2c(c1)C(C)N(S(=O)(=O)c1ccccc1)CC2. The number of fused-ring (bicyclic) bond motifs is 1. The molecule has 0 amide bonds. The highest BCUT2D eigenvalue weighted by atomic mass is 32.2. The predicted octanol–water partition coefficient (Wildman–Crippen LogP) is 3.00. The van der Waals surface area contributed by atoms with Crippen molar-refractivity contribution in [2.24, 2.45) is 0 Å². The first-order valence-electron chi connectivity index (χ1n) is 7.28. The first-order chi connectivity index (χ1) is 10.5. The molecule has 0 aliphatic carbocycles. The molecule has 4 nitrogen and oxygen atoms in total. The number of methoxy groups -OCH3 is 1. The number of ether oxygens (including phenoxy) is 1. The molecular weight excluding hydrogens is 298 g/mol. The van der Waals surface area contributed by atoms with Gasteiger partial charge in [0.25, 0.3) is 0 Å². The highest BCUT2D eigenvalue weighted by Crippen LogP contribution is 2.35. The van der Waals surface area contributed by atoms with Crippen molar-refractivity contribution in [3.8, 4) is 5.75 Å². The average molecular weight is 317 g/mol. The Hall–Kier alpha value is -1.85. The van der Waals surface area contributed by atoms with Gasteiger partial charge in [0.15, 0.2) is 0 Å². The lowest BCUT2D eigenvalue weighted by atomic mass is 9.95. The molecule has 0 saturated heterocycles. The second-order valence-electron chi connectivity index (χ2n) is 5.42. The van der Waals surface area contributed by atoms with Gasteiger partial charge in [-0.3, -0.25) is 0 Å². The van der Waals surface area contributed by atoms with Gasteiger partial charge in [0.1, 0.15) is 5.75 Å². The molecule has 0 bridgehead atoms. The maximum atomic E-state index is 12.9. The van der Waals surface area contributed by atoms with Crippen molar-refractivity contribution in [3.05, 3.63) is 59.7 Å². The van der Waals surface area contributed by atoms with Gasteiger partial charge in [-0.05, 0) is 48.7 Å². The molecule has 0 fully saturated rings. The van der Waals surface area contributed by atoms with E-state index >= 15 is 0 Å². The van der Waals surface area contributed by atoms with E-state index in [-0.39, 0.29) is 6.04 Å². The Balaban J connectivity index is 2.00. The molecule has 5 heteroatoms. The van der Waals surface area contributed by atoms with Crippen LogP contribution in [0.1, 0.15) is 24.1 Å². The van der Waals surface area contributed by atoms with Crippen LogP contribution in [0, 0.1) is 0 Å². The van der Waals surface area contributed by atoms with E-state index in [1.165, 1.54) is 5.56 Å². The second kappa shape index (κ2) is 5.74. The van der Waals surface area contributed by atoms with Crippen molar-refractivity contribution in [1.82, 2.24) is 4.31 Å². The molecule has 1 heterocycles. The van der Waals surface area contributed by atoms with Crippen molar-refractivity contribution < 1.29 is 13.2 Å². The summed E-state index contributed by atoms with van der Waals surface area (Å²) in [7, 11) is -1.86. The van der Waals surface area contributed by atoms with Crippen LogP contribution in [0.25, 0.3) is 0 Å². The Bertz CT molecular complexity index is 772. The second-order valence-corrected chi connectivity index (χ2v) is 7.31. The Kier molecular flexibility index (Phi) is 3.93. The minimum Gasteiger partial charge on any atom is -0.497 e. The molecule has 116 valence electrons. The van der Waals surface area contributed by atoms with Gasteiger partial charge in [-0.25, -0.2) is 8.42 Å². The van der Waals surface area contributed by atoms with E-state index in [1.54, 1.807) is 35.7 Å². The van der Waals surface area contributed by atoms with Crippen molar-refractivity contribution in [3.63, 3.8) is 0 Å². The van der Waals surface area contributed by atoms with Crippen molar-refractivity contribution in [2.75, 3.05) is 13.7 Å². The maximum Gasteiger partial charge on any atom is 0.243 e. The van der Waals surface area contributed by atoms with Crippen LogP contribution in [0.4, 0.5) is 0 Å². The number of nitrogens with zero attached hydrogens (tertiary/aromatic N) is 1. The van der Waals surface area contributed by atoms with Gasteiger partial charge < -0.3 is 4.74 Å². The third-order valence-corrected chi connectivity index (χ3v) is 6.17. The Morgan fingerprint density at radius 2 is 1.86 bits per heavy atom. The number of rotatable bonds is 3. The van der Waals surface area contributed by atoms with E-state index in [9.17, 15) is 8.42 Å². The van der Waals surface area contributed by atoms with Crippen LogP contribution in [0.3, 0.4) is 0 Å². The Morgan fingerprint density at radius 3 is 2.55 bits per heavy atom. The van der Waals surface area contributed by atoms with Crippen LogP contribution in [-0.2, 0) is 16.4 Å². The first-order valence-corrected chi connectivity index (χ1v) is 8.72. The summed E-state index contributed by atoms with van der Waals surface area (Å²) in [5, 5.41) is 0. The molecule has 1 atom stereocenters. The lowest BCUT2D eigenvalue weighted by molar-refractivity contribution is 0.324. The molecule has 2 aromatic carbocycles.